The molecule has 4 nitrogen and oxygen atoms in total. The van der Waals surface area contributed by atoms with Gasteiger partial charge < -0.3 is 0 Å². The molecule has 0 aliphatic carbocycles. The molecule has 1 aliphatic heterocycles. The molecule has 1 aliphatic rings. The van der Waals surface area contributed by atoms with E-state index in [1.54, 1.807) is 25.3 Å². The van der Waals surface area contributed by atoms with Crippen LogP contribution in [0.3, 0.4) is 0 Å². The maximum absolute atomic E-state index is 12.0. The summed E-state index contributed by atoms with van der Waals surface area (Å²) in [7, 11) is 0. The van der Waals surface area contributed by atoms with E-state index in [9.17, 15) is 9.59 Å². The van der Waals surface area contributed by atoms with Crippen molar-refractivity contribution < 1.29 is 9.59 Å². The molecule has 0 N–H and O–H groups in total. The van der Waals surface area contributed by atoms with Gasteiger partial charge in [0.05, 0.1) is 11.2 Å². The van der Waals surface area contributed by atoms with Crippen molar-refractivity contribution in [1.82, 2.24) is 4.98 Å². The van der Waals surface area contributed by atoms with Crippen LogP contribution in [0.1, 0.15) is 6.92 Å². The fourth-order valence-electron chi connectivity index (χ4n) is 2.11. The van der Waals surface area contributed by atoms with Gasteiger partial charge in [-0.1, -0.05) is 12.1 Å². The van der Waals surface area contributed by atoms with Crippen molar-refractivity contribution in [2.24, 2.45) is 0 Å². The second-order valence-electron chi connectivity index (χ2n) is 4.31. The summed E-state index contributed by atoms with van der Waals surface area (Å²) in [6.07, 6.45) is 3.00. The summed E-state index contributed by atoms with van der Waals surface area (Å²) in [6, 6.07) is 7.32. The second kappa shape index (κ2) is 4.28. The summed E-state index contributed by atoms with van der Waals surface area (Å²) < 4.78 is 0.852. The third kappa shape index (κ3) is 1.86. The van der Waals surface area contributed by atoms with Crippen molar-refractivity contribution in [3.63, 3.8) is 0 Å². The van der Waals surface area contributed by atoms with E-state index in [1.807, 2.05) is 12.1 Å². The Morgan fingerprint density at radius 3 is 2.74 bits per heavy atom. The minimum Gasteiger partial charge on any atom is -0.269 e. The van der Waals surface area contributed by atoms with Crippen LogP contribution in [0.2, 0.25) is 0 Å². The number of imide groups is 1. The highest BCUT2D eigenvalue weighted by molar-refractivity contribution is 9.10. The Balaban J connectivity index is 2.22. The second-order valence-corrected chi connectivity index (χ2v) is 5.22. The lowest BCUT2D eigenvalue weighted by Crippen LogP contribution is -2.30. The Hall–Kier alpha value is -2.01. The van der Waals surface area contributed by atoms with E-state index in [-0.39, 0.29) is 11.8 Å². The molecule has 2 aromatic rings. The number of aromatic nitrogens is 1. The molecule has 0 fully saturated rings. The maximum atomic E-state index is 12.0. The zero-order valence-corrected chi connectivity index (χ0v) is 11.6. The van der Waals surface area contributed by atoms with Gasteiger partial charge in [-0.05, 0) is 35.0 Å². The minimum atomic E-state index is -0.320. The molecule has 0 saturated heterocycles. The van der Waals surface area contributed by atoms with E-state index < -0.39 is 0 Å². The van der Waals surface area contributed by atoms with Gasteiger partial charge in [-0.15, -0.1) is 0 Å². The predicted molar refractivity (Wildman–Crippen MR) is 75.7 cm³/mol. The Kier molecular flexibility index (Phi) is 2.71. The number of para-hydroxylation sites is 1. The van der Waals surface area contributed by atoms with Crippen LogP contribution in [0.4, 0.5) is 5.69 Å². The van der Waals surface area contributed by atoms with Gasteiger partial charge in [-0.3, -0.25) is 14.6 Å². The number of fused-ring (bicyclic) bond motifs is 1. The zero-order chi connectivity index (χ0) is 13.6. The molecule has 0 saturated carbocycles. The van der Waals surface area contributed by atoms with Gasteiger partial charge in [0.1, 0.15) is 0 Å². The number of anilines is 1. The molecule has 0 atom stereocenters. The highest BCUT2D eigenvalue weighted by atomic mass is 79.9. The first-order chi connectivity index (χ1) is 9.08. The fraction of sp³-hybridized carbons (Fsp3) is 0.0714. The monoisotopic (exact) mass is 316 g/mol. The number of carbonyl (C=O) groups excluding carboxylic acids is 2. The van der Waals surface area contributed by atoms with E-state index in [0.717, 1.165) is 9.86 Å². The number of carbonyl (C=O) groups is 2. The van der Waals surface area contributed by atoms with Crippen LogP contribution < -0.4 is 4.90 Å². The zero-order valence-electron chi connectivity index (χ0n) is 10.1. The third-order valence-electron chi connectivity index (χ3n) is 3.00. The van der Waals surface area contributed by atoms with E-state index in [0.29, 0.717) is 16.8 Å². The van der Waals surface area contributed by atoms with Crippen LogP contribution in [0, 0.1) is 0 Å². The number of hydrogen-bond donors (Lipinski definition) is 0. The van der Waals surface area contributed by atoms with Crippen molar-refractivity contribution in [2.45, 2.75) is 6.92 Å². The van der Waals surface area contributed by atoms with Gasteiger partial charge in [0.2, 0.25) is 0 Å². The fourth-order valence-corrected chi connectivity index (χ4v) is 2.46. The molecule has 3 rings (SSSR count). The van der Waals surface area contributed by atoms with Crippen molar-refractivity contribution in [3.05, 3.63) is 46.6 Å². The Bertz CT molecular complexity index is 752. The molecule has 5 heteroatoms. The lowest BCUT2D eigenvalue weighted by molar-refractivity contribution is -0.120. The number of amides is 2. The minimum absolute atomic E-state index is 0.290. The standard InChI is InChI=1S/C14H9BrN2O2/c1-8-5-12(18)17(14(8)19)11-4-2-3-9-6-10(15)7-16-13(9)11/h2-7H,1H3. The molecular formula is C14H9BrN2O2. The predicted octanol–water partition coefficient (Wildman–Crippen LogP) is 2.82. The summed E-state index contributed by atoms with van der Waals surface area (Å²) in [5.74, 6) is -0.609. The van der Waals surface area contributed by atoms with Crippen LogP contribution in [-0.2, 0) is 9.59 Å². The van der Waals surface area contributed by atoms with Crippen LogP contribution in [0.5, 0.6) is 0 Å². The number of rotatable bonds is 1. The summed E-state index contributed by atoms with van der Waals surface area (Å²) in [4.78, 5) is 29.4. The van der Waals surface area contributed by atoms with Gasteiger partial charge in [0.15, 0.2) is 0 Å². The van der Waals surface area contributed by atoms with Crippen molar-refractivity contribution in [1.29, 1.82) is 0 Å². The Morgan fingerprint density at radius 1 is 1.26 bits per heavy atom. The van der Waals surface area contributed by atoms with Crippen molar-refractivity contribution >= 4 is 44.3 Å². The van der Waals surface area contributed by atoms with Crippen LogP contribution in [-0.4, -0.2) is 16.8 Å². The molecule has 94 valence electrons. The van der Waals surface area contributed by atoms with E-state index >= 15 is 0 Å². The Labute approximate surface area is 117 Å². The van der Waals surface area contributed by atoms with E-state index in [2.05, 4.69) is 20.9 Å². The van der Waals surface area contributed by atoms with Crippen LogP contribution in [0.15, 0.2) is 46.6 Å². The molecule has 2 amide bonds. The smallest absolute Gasteiger partial charge is 0.261 e. The largest absolute Gasteiger partial charge is 0.269 e. The van der Waals surface area contributed by atoms with Crippen LogP contribution >= 0.6 is 15.9 Å². The normalized spacial score (nSPS) is 15.3. The number of pyridine rings is 1. The molecule has 0 spiro atoms. The van der Waals surface area contributed by atoms with Crippen molar-refractivity contribution in [2.75, 3.05) is 4.90 Å². The Morgan fingerprint density at radius 2 is 2.05 bits per heavy atom. The van der Waals surface area contributed by atoms with Gasteiger partial charge in [0.25, 0.3) is 11.8 Å². The summed E-state index contributed by atoms with van der Waals surface area (Å²) in [5, 5.41) is 0.872. The van der Waals surface area contributed by atoms with E-state index in [1.165, 1.54) is 11.0 Å². The van der Waals surface area contributed by atoms with Crippen molar-refractivity contribution in [3.8, 4) is 0 Å². The summed E-state index contributed by atoms with van der Waals surface area (Å²) in [6.45, 7) is 1.63. The van der Waals surface area contributed by atoms with E-state index in [4.69, 9.17) is 0 Å². The first-order valence-electron chi connectivity index (χ1n) is 5.69. The number of nitrogens with zero attached hydrogens (tertiary/aromatic N) is 2. The molecular weight excluding hydrogens is 308 g/mol. The molecule has 0 unspecified atom stereocenters. The topological polar surface area (TPSA) is 50.3 Å². The number of benzene rings is 1. The lowest BCUT2D eigenvalue weighted by Gasteiger charge is -2.16. The SMILES string of the molecule is CC1=CC(=O)N(c2cccc3cc(Br)cnc23)C1=O. The molecule has 0 radical (unpaired) electrons. The van der Waals surface area contributed by atoms with Crippen LogP contribution in [0.25, 0.3) is 10.9 Å². The average Bonchev–Trinajstić information content (AvgIpc) is 2.62. The quantitative estimate of drug-likeness (QED) is 0.760. The lowest BCUT2D eigenvalue weighted by atomic mass is 10.1. The number of hydrogen-bond acceptors (Lipinski definition) is 3. The highest BCUT2D eigenvalue weighted by Gasteiger charge is 2.31. The summed E-state index contributed by atoms with van der Waals surface area (Å²) in [5.41, 5.74) is 1.60. The first kappa shape index (κ1) is 12.0. The molecule has 2 heterocycles. The molecule has 0 bridgehead atoms. The average molecular weight is 317 g/mol. The molecule has 1 aromatic heterocycles. The van der Waals surface area contributed by atoms with Gasteiger partial charge in [-0.25, -0.2) is 4.90 Å². The number of halogens is 1. The summed E-state index contributed by atoms with van der Waals surface area (Å²) >= 11 is 3.35. The van der Waals surface area contributed by atoms with Gasteiger partial charge in [-0.2, -0.15) is 0 Å². The molecule has 1 aromatic carbocycles. The maximum Gasteiger partial charge on any atom is 0.261 e. The molecule has 19 heavy (non-hydrogen) atoms. The van der Waals surface area contributed by atoms with Gasteiger partial charge in [0, 0.05) is 27.7 Å². The third-order valence-corrected chi connectivity index (χ3v) is 3.43. The van der Waals surface area contributed by atoms with Gasteiger partial charge >= 0.3 is 0 Å². The highest BCUT2D eigenvalue weighted by Crippen LogP contribution is 2.30. The first-order valence-corrected chi connectivity index (χ1v) is 6.48.